The number of fused-ring (bicyclic) bond motifs is 7. The van der Waals surface area contributed by atoms with Crippen LogP contribution in [0.5, 0.6) is 0 Å². The summed E-state index contributed by atoms with van der Waals surface area (Å²) in [7, 11) is 0. The van der Waals surface area contributed by atoms with E-state index in [-0.39, 0.29) is 0 Å². The number of aryl methyl sites for hydroxylation is 2. The highest BCUT2D eigenvalue weighted by atomic mass is 14.3. The fraction of sp³-hybridized carbons (Fsp3) is 0.0233. The quantitative estimate of drug-likeness (QED) is 0.0998. The minimum atomic E-state index is 1.19. The predicted octanol–water partition coefficient (Wildman–Crippen LogP) is 24.2. The van der Waals surface area contributed by atoms with Gasteiger partial charge in [-0.2, -0.15) is 0 Å². The van der Waals surface area contributed by atoms with Gasteiger partial charge in [0, 0.05) is 0 Å². The van der Waals surface area contributed by atoms with Gasteiger partial charge in [0.05, 0.1) is 0 Å². The van der Waals surface area contributed by atoms with Gasteiger partial charge >= 0.3 is 0 Å². The van der Waals surface area contributed by atoms with Crippen LogP contribution in [0, 0.1) is 13.8 Å². The van der Waals surface area contributed by atoms with Crippen LogP contribution in [-0.4, -0.2) is 0 Å². The zero-order valence-electron chi connectivity index (χ0n) is 48.0. The SMILES string of the molecule is Cc1ccccc1-c1c2ccc(-c3ccccc3-c3ccccc3)cc2c(-c2ccc(-c3cccc4c3ccc3ccc(-c5c6ccccc6c(-c6ccccc6)c6ccccc56)cc34)cc2C)c2ccc(-c3ccccc3-c3ccccc3)cc12. The van der Waals surface area contributed by atoms with Crippen molar-refractivity contribution in [2.24, 2.45) is 0 Å². The smallest absolute Gasteiger partial charge is 0.00235 e. The van der Waals surface area contributed by atoms with Crippen molar-refractivity contribution in [3.05, 3.63) is 327 Å². The molecule has 0 heteroatoms. The summed E-state index contributed by atoms with van der Waals surface area (Å²) >= 11 is 0. The fourth-order valence-corrected chi connectivity index (χ4v) is 14.2. The Morgan fingerprint density at radius 2 is 0.500 bits per heavy atom. The van der Waals surface area contributed by atoms with Crippen molar-refractivity contribution < 1.29 is 0 Å². The second-order valence-corrected chi connectivity index (χ2v) is 23.0. The van der Waals surface area contributed by atoms with Crippen molar-refractivity contribution in [2.75, 3.05) is 0 Å². The molecular weight excluding hydrogens is 1030 g/mol. The highest BCUT2D eigenvalue weighted by Gasteiger charge is 2.23. The monoisotopic (exact) mass is 1090 g/mol. The molecule has 0 bridgehead atoms. The van der Waals surface area contributed by atoms with E-state index in [1.807, 2.05) is 0 Å². The average Bonchev–Trinajstić information content (AvgIpc) is 1.01. The van der Waals surface area contributed by atoms with Crippen molar-refractivity contribution in [2.45, 2.75) is 13.8 Å². The molecule has 0 atom stereocenters. The third kappa shape index (κ3) is 8.52. The van der Waals surface area contributed by atoms with Crippen LogP contribution in [0.25, 0.3) is 165 Å². The summed E-state index contributed by atoms with van der Waals surface area (Å²) in [6.07, 6.45) is 0. The lowest BCUT2D eigenvalue weighted by Crippen LogP contribution is -1.96. The molecule has 0 spiro atoms. The summed E-state index contributed by atoms with van der Waals surface area (Å²) in [6, 6.07) is 117. The van der Waals surface area contributed by atoms with Crippen molar-refractivity contribution >= 4 is 64.6 Å². The molecule has 0 radical (unpaired) electrons. The lowest BCUT2D eigenvalue weighted by molar-refractivity contribution is 1.46. The Morgan fingerprint density at radius 3 is 1.02 bits per heavy atom. The van der Waals surface area contributed by atoms with Crippen LogP contribution in [-0.2, 0) is 0 Å². The Bertz CT molecular complexity index is 5280. The third-order valence-electron chi connectivity index (χ3n) is 18.1. The van der Waals surface area contributed by atoms with E-state index in [2.05, 4.69) is 329 Å². The molecule has 16 aromatic carbocycles. The fourth-order valence-electron chi connectivity index (χ4n) is 14.2. The highest BCUT2D eigenvalue weighted by molar-refractivity contribution is 6.25. The summed E-state index contributed by atoms with van der Waals surface area (Å²) in [5.41, 5.74) is 24.5. The van der Waals surface area contributed by atoms with E-state index >= 15 is 0 Å². The van der Waals surface area contributed by atoms with Crippen LogP contribution in [0.15, 0.2) is 315 Å². The molecule has 16 aromatic rings. The van der Waals surface area contributed by atoms with Crippen molar-refractivity contribution in [1.29, 1.82) is 0 Å². The predicted molar refractivity (Wildman–Crippen MR) is 370 cm³/mol. The van der Waals surface area contributed by atoms with E-state index in [4.69, 9.17) is 0 Å². The summed E-state index contributed by atoms with van der Waals surface area (Å²) in [4.78, 5) is 0. The van der Waals surface area contributed by atoms with Gasteiger partial charge in [-0.05, 0) is 208 Å². The standard InChI is InChI=1S/C86H58/c1-55-23-12-13-30-65(55)85-78-49-45-63(70-34-17-15-32-68(70)58-26-8-4-9-27-58)53-82(78)86(79-50-46-62(52-81(79)85)69-33-16-14-31-67(69)57-24-6-3-7-25-57)66-47-44-61(51-56(66)2)71-39-22-40-72-73(71)48-43-59-41-42-64(54-80(59)72)84-76-37-20-18-35-74(76)83(60-28-10-5-11-29-60)75-36-19-21-38-77(75)84/h3-54H,1-2H3. The molecule has 402 valence electrons. The molecule has 0 aliphatic rings. The maximum atomic E-state index is 2.48. The van der Waals surface area contributed by atoms with Crippen LogP contribution < -0.4 is 0 Å². The van der Waals surface area contributed by atoms with Gasteiger partial charge in [-0.3, -0.25) is 0 Å². The van der Waals surface area contributed by atoms with Gasteiger partial charge < -0.3 is 0 Å². The van der Waals surface area contributed by atoms with E-state index in [1.54, 1.807) is 0 Å². The number of hydrogen-bond donors (Lipinski definition) is 0. The molecule has 0 fully saturated rings. The van der Waals surface area contributed by atoms with Crippen LogP contribution in [0.3, 0.4) is 0 Å². The van der Waals surface area contributed by atoms with Gasteiger partial charge in [0.15, 0.2) is 0 Å². The zero-order chi connectivity index (χ0) is 57.2. The lowest BCUT2D eigenvalue weighted by atomic mass is 9.81. The molecule has 16 rings (SSSR count). The molecule has 0 amide bonds. The maximum absolute atomic E-state index is 2.48. The Morgan fingerprint density at radius 1 is 0.151 bits per heavy atom. The van der Waals surface area contributed by atoms with Crippen LogP contribution in [0.1, 0.15) is 11.1 Å². The minimum absolute atomic E-state index is 1.19. The van der Waals surface area contributed by atoms with E-state index in [9.17, 15) is 0 Å². The first-order valence-electron chi connectivity index (χ1n) is 30.0. The minimum Gasteiger partial charge on any atom is -0.0622 e. The van der Waals surface area contributed by atoms with Gasteiger partial charge in [-0.1, -0.05) is 297 Å². The van der Waals surface area contributed by atoms with E-state index in [1.165, 1.54) is 176 Å². The third-order valence-corrected chi connectivity index (χ3v) is 18.1. The van der Waals surface area contributed by atoms with Crippen LogP contribution >= 0.6 is 0 Å². The molecular formula is C86H58. The van der Waals surface area contributed by atoms with Gasteiger partial charge in [0.25, 0.3) is 0 Å². The number of rotatable bonds is 9. The molecule has 0 N–H and O–H groups in total. The molecule has 0 heterocycles. The number of hydrogen-bond acceptors (Lipinski definition) is 0. The topological polar surface area (TPSA) is 0 Å². The van der Waals surface area contributed by atoms with Gasteiger partial charge in [-0.25, -0.2) is 0 Å². The Hall–Kier alpha value is -10.9. The molecule has 0 saturated carbocycles. The molecule has 0 saturated heterocycles. The highest BCUT2D eigenvalue weighted by Crippen LogP contribution is 2.50. The Kier molecular flexibility index (Phi) is 12.4. The average molecular weight is 1090 g/mol. The maximum Gasteiger partial charge on any atom is -0.00235 e. The van der Waals surface area contributed by atoms with Crippen LogP contribution in [0.4, 0.5) is 0 Å². The lowest BCUT2D eigenvalue weighted by Gasteiger charge is -2.22. The van der Waals surface area contributed by atoms with Gasteiger partial charge in [-0.15, -0.1) is 0 Å². The molecule has 86 heavy (non-hydrogen) atoms. The molecule has 0 nitrogen and oxygen atoms in total. The second-order valence-electron chi connectivity index (χ2n) is 23.0. The zero-order valence-corrected chi connectivity index (χ0v) is 48.0. The second kappa shape index (κ2) is 21.1. The van der Waals surface area contributed by atoms with E-state index in [0.29, 0.717) is 0 Å². The normalized spacial score (nSPS) is 11.6. The first-order chi connectivity index (χ1) is 42.5. The van der Waals surface area contributed by atoms with Gasteiger partial charge in [0.2, 0.25) is 0 Å². The number of benzene rings is 16. The molecule has 0 aliphatic heterocycles. The van der Waals surface area contributed by atoms with Crippen molar-refractivity contribution in [3.63, 3.8) is 0 Å². The first kappa shape index (κ1) is 50.8. The van der Waals surface area contributed by atoms with Gasteiger partial charge in [0.1, 0.15) is 0 Å². The summed E-state index contributed by atoms with van der Waals surface area (Å²) < 4.78 is 0. The van der Waals surface area contributed by atoms with E-state index < -0.39 is 0 Å². The van der Waals surface area contributed by atoms with E-state index in [0.717, 1.165) is 0 Å². The molecule has 0 aromatic heterocycles. The Labute approximate surface area is 502 Å². The summed E-state index contributed by atoms with van der Waals surface area (Å²) in [6.45, 7) is 4.57. The first-order valence-corrected chi connectivity index (χ1v) is 30.0. The molecule has 0 aliphatic carbocycles. The van der Waals surface area contributed by atoms with Crippen molar-refractivity contribution in [3.8, 4) is 100 Å². The molecule has 0 unspecified atom stereocenters. The summed E-state index contributed by atoms with van der Waals surface area (Å²) in [5, 5.41) is 14.9. The Balaban J connectivity index is 0.899. The van der Waals surface area contributed by atoms with Crippen molar-refractivity contribution in [1.82, 2.24) is 0 Å². The summed E-state index contributed by atoms with van der Waals surface area (Å²) in [5.74, 6) is 0. The largest absolute Gasteiger partial charge is 0.0622 e. The van der Waals surface area contributed by atoms with Crippen LogP contribution in [0.2, 0.25) is 0 Å².